The molecule has 3 aromatic rings. The maximum Gasteiger partial charge on any atom is 0.265 e. The Kier molecular flexibility index (Phi) is 7.27. The average Bonchev–Trinajstić information content (AvgIpc) is 2.79. The van der Waals surface area contributed by atoms with Crippen molar-refractivity contribution < 1.29 is 19.1 Å². The van der Waals surface area contributed by atoms with Crippen LogP contribution in [0.4, 0.5) is 5.69 Å². The second-order valence-electron chi connectivity index (χ2n) is 7.13. The minimum atomic E-state index is -0.753. The molecule has 0 heterocycles. The van der Waals surface area contributed by atoms with Crippen molar-refractivity contribution in [2.75, 3.05) is 19.5 Å². The standard InChI is InChI=1S/C25H26N2O4/c1-18(31-23-15-8-7-14-22(23)30-3)24(28)26-21-13-9-12-20(16-21)25(29)27(2)17-19-10-5-4-6-11-19/h4-16,18H,17H2,1-3H3,(H,26,28). The summed E-state index contributed by atoms with van der Waals surface area (Å²) in [6.45, 7) is 2.16. The number of hydrogen-bond donors (Lipinski definition) is 1. The fourth-order valence-electron chi connectivity index (χ4n) is 3.08. The van der Waals surface area contributed by atoms with Crippen LogP contribution in [0.2, 0.25) is 0 Å². The van der Waals surface area contributed by atoms with Gasteiger partial charge in [0.05, 0.1) is 7.11 Å². The first-order chi connectivity index (χ1) is 15.0. The van der Waals surface area contributed by atoms with Crippen LogP contribution in [-0.2, 0) is 11.3 Å². The third-order valence-electron chi connectivity index (χ3n) is 4.73. The van der Waals surface area contributed by atoms with Crippen LogP contribution in [0.25, 0.3) is 0 Å². The van der Waals surface area contributed by atoms with E-state index in [1.165, 1.54) is 0 Å². The van der Waals surface area contributed by atoms with Gasteiger partial charge in [0.15, 0.2) is 17.6 Å². The average molecular weight is 418 g/mol. The van der Waals surface area contributed by atoms with Gasteiger partial charge >= 0.3 is 0 Å². The summed E-state index contributed by atoms with van der Waals surface area (Å²) in [6.07, 6.45) is -0.753. The lowest BCUT2D eigenvalue weighted by atomic mass is 10.1. The van der Waals surface area contributed by atoms with Crippen molar-refractivity contribution in [3.8, 4) is 11.5 Å². The first-order valence-corrected chi connectivity index (χ1v) is 9.98. The number of hydrogen-bond acceptors (Lipinski definition) is 4. The lowest BCUT2D eigenvalue weighted by Crippen LogP contribution is -2.30. The number of methoxy groups -OCH3 is 1. The highest BCUT2D eigenvalue weighted by atomic mass is 16.5. The summed E-state index contributed by atoms with van der Waals surface area (Å²) in [6, 6.07) is 23.8. The second-order valence-corrected chi connectivity index (χ2v) is 7.13. The fraction of sp³-hybridized carbons (Fsp3) is 0.200. The molecule has 31 heavy (non-hydrogen) atoms. The van der Waals surface area contributed by atoms with E-state index in [0.717, 1.165) is 5.56 Å². The number of ether oxygens (including phenoxy) is 2. The molecule has 0 fully saturated rings. The zero-order valence-electron chi connectivity index (χ0n) is 17.9. The molecule has 3 rings (SSSR count). The first-order valence-electron chi connectivity index (χ1n) is 9.98. The van der Waals surface area contributed by atoms with Crippen LogP contribution in [0, 0.1) is 0 Å². The molecule has 1 unspecified atom stereocenters. The molecule has 1 atom stereocenters. The fourth-order valence-corrected chi connectivity index (χ4v) is 3.08. The van der Waals surface area contributed by atoms with Crippen LogP contribution in [0.1, 0.15) is 22.8 Å². The minimum absolute atomic E-state index is 0.127. The first kappa shape index (κ1) is 21.9. The molecule has 6 heteroatoms. The maximum atomic E-state index is 12.8. The van der Waals surface area contributed by atoms with Crippen molar-refractivity contribution in [1.29, 1.82) is 0 Å². The minimum Gasteiger partial charge on any atom is -0.493 e. The highest BCUT2D eigenvalue weighted by Gasteiger charge is 2.18. The Hall–Kier alpha value is -3.80. The lowest BCUT2D eigenvalue weighted by Gasteiger charge is -2.19. The normalized spacial score (nSPS) is 11.3. The van der Waals surface area contributed by atoms with Gasteiger partial charge in [-0.1, -0.05) is 48.5 Å². The zero-order chi connectivity index (χ0) is 22.2. The third-order valence-corrected chi connectivity index (χ3v) is 4.73. The number of nitrogens with one attached hydrogen (secondary N) is 1. The van der Waals surface area contributed by atoms with Crippen molar-refractivity contribution >= 4 is 17.5 Å². The molecule has 0 aromatic heterocycles. The van der Waals surface area contributed by atoms with Crippen LogP contribution < -0.4 is 14.8 Å². The van der Waals surface area contributed by atoms with E-state index in [-0.39, 0.29) is 11.8 Å². The van der Waals surface area contributed by atoms with Gasteiger partial charge in [-0.3, -0.25) is 9.59 Å². The number of rotatable bonds is 8. The summed E-state index contributed by atoms with van der Waals surface area (Å²) >= 11 is 0. The van der Waals surface area contributed by atoms with Gasteiger partial charge in [0.25, 0.3) is 11.8 Å². The topological polar surface area (TPSA) is 67.9 Å². The lowest BCUT2D eigenvalue weighted by molar-refractivity contribution is -0.122. The molecule has 0 bridgehead atoms. The van der Waals surface area contributed by atoms with E-state index in [4.69, 9.17) is 9.47 Å². The maximum absolute atomic E-state index is 12.8. The Bertz CT molecular complexity index is 1040. The molecule has 0 saturated carbocycles. The number of anilines is 1. The summed E-state index contributed by atoms with van der Waals surface area (Å²) < 4.78 is 11.0. The molecule has 2 amide bonds. The monoisotopic (exact) mass is 418 g/mol. The Morgan fingerprint density at radius 1 is 0.935 bits per heavy atom. The zero-order valence-corrected chi connectivity index (χ0v) is 17.9. The van der Waals surface area contributed by atoms with E-state index in [0.29, 0.717) is 29.3 Å². The highest BCUT2D eigenvalue weighted by Crippen LogP contribution is 2.27. The molecule has 6 nitrogen and oxygen atoms in total. The number of benzene rings is 3. The van der Waals surface area contributed by atoms with E-state index in [9.17, 15) is 9.59 Å². The quantitative estimate of drug-likeness (QED) is 0.590. The van der Waals surface area contributed by atoms with Gasteiger partial charge in [0.1, 0.15) is 0 Å². The summed E-state index contributed by atoms with van der Waals surface area (Å²) in [5.74, 6) is 0.585. The Labute approximate surface area is 182 Å². The molecular weight excluding hydrogens is 392 g/mol. The Balaban J connectivity index is 1.64. The summed E-state index contributed by atoms with van der Waals surface area (Å²) in [7, 11) is 3.30. The number of carbonyl (C=O) groups is 2. The van der Waals surface area contributed by atoms with Gasteiger partial charge in [-0.2, -0.15) is 0 Å². The highest BCUT2D eigenvalue weighted by molar-refractivity contribution is 5.98. The Morgan fingerprint density at radius 3 is 2.32 bits per heavy atom. The molecule has 160 valence electrons. The van der Waals surface area contributed by atoms with E-state index < -0.39 is 6.10 Å². The van der Waals surface area contributed by atoms with Gasteiger partial charge in [-0.15, -0.1) is 0 Å². The van der Waals surface area contributed by atoms with Crippen molar-refractivity contribution in [3.05, 3.63) is 90.0 Å². The van der Waals surface area contributed by atoms with Crippen molar-refractivity contribution in [1.82, 2.24) is 4.90 Å². The van der Waals surface area contributed by atoms with Gasteiger partial charge in [0, 0.05) is 24.8 Å². The predicted molar refractivity (Wildman–Crippen MR) is 120 cm³/mol. The van der Waals surface area contributed by atoms with Crippen molar-refractivity contribution in [2.45, 2.75) is 19.6 Å². The summed E-state index contributed by atoms with van der Waals surface area (Å²) in [5, 5.41) is 2.81. The van der Waals surface area contributed by atoms with E-state index in [2.05, 4.69) is 5.32 Å². The molecule has 0 saturated heterocycles. The molecule has 0 aliphatic heterocycles. The molecule has 0 radical (unpaired) electrons. The number of para-hydroxylation sites is 2. The van der Waals surface area contributed by atoms with E-state index >= 15 is 0 Å². The molecular formula is C25H26N2O4. The van der Waals surface area contributed by atoms with Gasteiger partial charge in [0.2, 0.25) is 0 Å². The van der Waals surface area contributed by atoms with E-state index in [1.807, 2.05) is 42.5 Å². The Morgan fingerprint density at radius 2 is 1.61 bits per heavy atom. The van der Waals surface area contributed by atoms with Gasteiger partial charge in [-0.25, -0.2) is 0 Å². The van der Waals surface area contributed by atoms with Gasteiger partial charge in [-0.05, 0) is 42.8 Å². The second kappa shape index (κ2) is 10.3. The van der Waals surface area contributed by atoms with Crippen molar-refractivity contribution in [2.24, 2.45) is 0 Å². The number of nitrogens with zero attached hydrogens (tertiary/aromatic N) is 1. The van der Waals surface area contributed by atoms with Gasteiger partial charge < -0.3 is 19.7 Å². The van der Waals surface area contributed by atoms with Crippen LogP contribution in [-0.4, -0.2) is 37.0 Å². The summed E-state index contributed by atoms with van der Waals surface area (Å²) in [4.78, 5) is 27.1. The number of carbonyl (C=O) groups excluding carboxylic acids is 2. The third kappa shape index (κ3) is 5.85. The van der Waals surface area contributed by atoms with E-state index in [1.54, 1.807) is 62.4 Å². The summed E-state index contributed by atoms with van der Waals surface area (Å²) in [5.41, 5.74) is 2.07. The number of amides is 2. The van der Waals surface area contributed by atoms with Crippen molar-refractivity contribution in [3.63, 3.8) is 0 Å². The molecule has 3 aromatic carbocycles. The van der Waals surface area contributed by atoms with Crippen LogP contribution in [0.3, 0.4) is 0 Å². The van der Waals surface area contributed by atoms with Crippen LogP contribution >= 0.6 is 0 Å². The predicted octanol–water partition coefficient (Wildman–Crippen LogP) is 4.37. The molecule has 0 aliphatic rings. The molecule has 0 spiro atoms. The van der Waals surface area contributed by atoms with Crippen LogP contribution in [0.15, 0.2) is 78.9 Å². The smallest absolute Gasteiger partial charge is 0.265 e. The largest absolute Gasteiger partial charge is 0.493 e. The van der Waals surface area contributed by atoms with Crippen LogP contribution in [0.5, 0.6) is 11.5 Å². The molecule has 1 N–H and O–H groups in total. The molecule has 0 aliphatic carbocycles. The SMILES string of the molecule is COc1ccccc1OC(C)C(=O)Nc1cccc(C(=O)N(C)Cc2ccccc2)c1.